The Hall–Kier alpha value is -3.14. The van der Waals surface area contributed by atoms with E-state index in [0.29, 0.717) is 5.56 Å². The van der Waals surface area contributed by atoms with E-state index in [0.717, 1.165) is 28.2 Å². The first-order valence-corrected chi connectivity index (χ1v) is 8.19. The Morgan fingerprint density at radius 1 is 0.920 bits per heavy atom. The van der Waals surface area contributed by atoms with Crippen molar-refractivity contribution in [3.05, 3.63) is 83.2 Å². The third kappa shape index (κ3) is 4.04. The molecule has 126 valence electrons. The number of carbonyl (C=O) groups excluding carboxylic acids is 1. The maximum atomic E-state index is 12.5. The lowest BCUT2D eigenvalue weighted by molar-refractivity contribution is 0.102. The van der Waals surface area contributed by atoms with E-state index >= 15 is 0 Å². The van der Waals surface area contributed by atoms with Crippen molar-refractivity contribution >= 4 is 23.0 Å². The molecule has 1 heterocycles. The monoisotopic (exact) mass is 331 g/mol. The van der Waals surface area contributed by atoms with Crippen LogP contribution in [0.4, 0.5) is 17.1 Å². The number of hydrogen-bond acceptors (Lipinski definition) is 3. The standard InChI is InChI=1S/C21H21N3O/c1-14-7-9-18(10-8-14)23-19-11-17(12-22-13-19)21(25)24-20-6-4-5-15(2)16(20)3/h4-13,23H,1-3H3,(H,24,25). The number of hydrogen-bond donors (Lipinski definition) is 2. The van der Waals surface area contributed by atoms with Gasteiger partial charge in [0.15, 0.2) is 0 Å². The van der Waals surface area contributed by atoms with Crippen LogP contribution in [0.15, 0.2) is 60.9 Å². The number of nitrogens with one attached hydrogen (secondary N) is 2. The summed E-state index contributed by atoms with van der Waals surface area (Å²) < 4.78 is 0. The summed E-state index contributed by atoms with van der Waals surface area (Å²) in [5.41, 5.74) is 6.48. The number of aryl methyl sites for hydroxylation is 2. The van der Waals surface area contributed by atoms with Gasteiger partial charge in [0, 0.05) is 17.6 Å². The molecule has 0 atom stereocenters. The van der Waals surface area contributed by atoms with Crippen molar-refractivity contribution in [1.29, 1.82) is 0 Å². The number of amides is 1. The van der Waals surface area contributed by atoms with Gasteiger partial charge in [-0.1, -0.05) is 29.8 Å². The smallest absolute Gasteiger partial charge is 0.257 e. The summed E-state index contributed by atoms with van der Waals surface area (Å²) in [6.07, 6.45) is 3.27. The van der Waals surface area contributed by atoms with Crippen LogP contribution in [0.3, 0.4) is 0 Å². The first-order chi connectivity index (χ1) is 12.0. The fourth-order valence-corrected chi connectivity index (χ4v) is 2.52. The van der Waals surface area contributed by atoms with Crippen molar-refractivity contribution in [3.8, 4) is 0 Å². The normalized spacial score (nSPS) is 10.4. The molecule has 0 spiro atoms. The Bertz CT molecular complexity index is 901. The lowest BCUT2D eigenvalue weighted by Gasteiger charge is -2.11. The van der Waals surface area contributed by atoms with Crippen molar-refractivity contribution in [2.24, 2.45) is 0 Å². The first-order valence-electron chi connectivity index (χ1n) is 8.19. The highest BCUT2D eigenvalue weighted by molar-refractivity contribution is 6.05. The molecular formula is C21H21N3O. The van der Waals surface area contributed by atoms with Gasteiger partial charge in [0.05, 0.1) is 17.4 Å². The van der Waals surface area contributed by atoms with Crippen LogP contribution in [0.25, 0.3) is 0 Å². The Morgan fingerprint density at radius 2 is 1.68 bits per heavy atom. The Kier molecular flexibility index (Phi) is 4.80. The fourth-order valence-electron chi connectivity index (χ4n) is 2.52. The van der Waals surface area contributed by atoms with E-state index < -0.39 is 0 Å². The minimum Gasteiger partial charge on any atom is -0.354 e. The van der Waals surface area contributed by atoms with E-state index in [9.17, 15) is 4.79 Å². The highest BCUT2D eigenvalue weighted by atomic mass is 16.1. The van der Waals surface area contributed by atoms with E-state index in [4.69, 9.17) is 0 Å². The van der Waals surface area contributed by atoms with E-state index in [-0.39, 0.29) is 5.91 Å². The van der Waals surface area contributed by atoms with Crippen LogP contribution in [-0.4, -0.2) is 10.9 Å². The average molecular weight is 331 g/mol. The number of aromatic nitrogens is 1. The molecule has 0 bridgehead atoms. The largest absolute Gasteiger partial charge is 0.354 e. The van der Waals surface area contributed by atoms with Gasteiger partial charge in [-0.15, -0.1) is 0 Å². The first kappa shape index (κ1) is 16.7. The number of carbonyl (C=O) groups is 1. The minimum atomic E-state index is -0.172. The van der Waals surface area contributed by atoms with Crippen LogP contribution in [-0.2, 0) is 0 Å². The lowest BCUT2D eigenvalue weighted by atomic mass is 10.1. The van der Waals surface area contributed by atoms with Crippen molar-refractivity contribution in [2.75, 3.05) is 10.6 Å². The third-order valence-corrected chi connectivity index (χ3v) is 4.19. The second-order valence-corrected chi connectivity index (χ2v) is 6.15. The van der Waals surface area contributed by atoms with E-state index in [2.05, 4.69) is 15.6 Å². The molecule has 2 aromatic carbocycles. The third-order valence-electron chi connectivity index (χ3n) is 4.19. The van der Waals surface area contributed by atoms with E-state index in [1.165, 1.54) is 5.56 Å². The molecule has 0 unspecified atom stereocenters. The van der Waals surface area contributed by atoms with Crippen molar-refractivity contribution in [3.63, 3.8) is 0 Å². The zero-order valence-corrected chi connectivity index (χ0v) is 14.6. The molecule has 0 aliphatic rings. The maximum Gasteiger partial charge on any atom is 0.257 e. The molecule has 2 N–H and O–H groups in total. The van der Waals surface area contributed by atoms with Gasteiger partial charge in [-0.25, -0.2) is 0 Å². The van der Waals surface area contributed by atoms with Gasteiger partial charge < -0.3 is 10.6 Å². The SMILES string of the molecule is Cc1ccc(Nc2cncc(C(=O)Nc3cccc(C)c3C)c2)cc1. The second-order valence-electron chi connectivity index (χ2n) is 6.15. The van der Waals surface area contributed by atoms with Gasteiger partial charge in [0.1, 0.15) is 0 Å². The Balaban J connectivity index is 1.77. The quantitative estimate of drug-likeness (QED) is 0.707. The number of benzene rings is 2. The van der Waals surface area contributed by atoms with Crippen LogP contribution < -0.4 is 10.6 Å². The van der Waals surface area contributed by atoms with Crippen LogP contribution >= 0.6 is 0 Å². The average Bonchev–Trinajstić information content (AvgIpc) is 2.61. The second kappa shape index (κ2) is 7.18. The number of anilines is 3. The molecule has 0 aliphatic heterocycles. The van der Waals surface area contributed by atoms with Gasteiger partial charge in [0.25, 0.3) is 5.91 Å². The number of pyridine rings is 1. The van der Waals surface area contributed by atoms with Crippen molar-refractivity contribution in [2.45, 2.75) is 20.8 Å². The van der Waals surface area contributed by atoms with E-state index in [1.807, 2.05) is 63.2 Å². The number of rotatable bonds is 4. The summed E-state index contributed by atoms with van der Waals surface area (Å²) in [5, 5.41) is 6.23. The zero-order valence-electron chi connectivity index (χ0n) is 14.6. The van der Waals surface area contributed by atoms with Crippen molar-refractivity contribution < 1.29 is 4.79 Å². The van der Waals surface area contributed by atoms with Gasteiger partial charge in [0.2, 0.25) is 0 Å². The maximum absolute atomic E-state index is 12.5. The molecule has 0 aliphatic carbocycles. The van der Waals surface area contributed by atoms with Gasteiger partial charge >= 0.3 is 0 Å². The highest BCUT2D eigenvalue weighted by Crippen LogP contribution is 2.20. The van der Waals surface area contributed by atoms with Gasteiger partial charge in [-0.3, -0.25) is 9.78 Å². The molecule has 1 aromatic heterocycles. The molecule has 4 heteroatoms. The number of nitrogens with zero attached hydrogens (tertiary/aromatic N) is 1. The molecule has 4 nitrogen and oxygen atoms in total. The predicted octanol–water partition coefficient (Wildman–Crippen LogP) is 5.00. The Morgan fingerprint density at radius 3 is 2.44 bits per heavy atom. The zero-order chi connectivity index (χ0) is 17.8. The predicted molar refractivity (Wildman–Crippen MR) is 103 cm³/mol. The summed E-state index contributed by atoms with van der Waals surface area (Å²) >= 11 is 0. The van der Waals surface area contributed by atoms with Crippen LogP contribution in [0.1, 0.15) is 27.0 Å². The summed E-state index contributed by atoms with van der Waals surface area (Å²) in [6.45, 7) is 6.07. The molecule has 0 radical (unpaired) electrons. The molecule has 25 heavy (non-hydrogen) atoms. The lowest BCUT2D eigenvalue weighted by Crippen LogP contribution is -2.13. The van der Waals surface area contributed by atoms with E-state index in [1.54, 1.807) is 18.5 Å². The topological polar surface area (TPSA) is 54.0 Å². The van der Waals surface area contributed by atoms with Crippen LogP contribution in [0.2, 0.25) is 0 Å². The Labute approximate surface area is 147 Å². The molecule has 0 saturated heterocycles. The molecular weight excluding hydrogens is 310 g/mol. The van der Waals surface area contributed by atoms with Gasteiger partial charge in [-0.2, -0.15) is 0 Å². The van der Waals surface area contributed by atoms with Crippen LogP contribution in [0.5, 0.6) is 0 Å². The fraction of sp³-hybridized carbons (Fsp3) is 0.143. The molecule has 0 fully saturated rings. The minimum absolute atomic E-state index is 0.172. The summed E-state index contributed by atoms with van der Waals surface area (Å²) in [6, 6.07) is 15.7. The highest BCUT2D eigenvalue weighted by Gasteiger charge is 2.10. The molecule has 3 rings (SSSR count). The molecule has 1 amide bonds. The summed E-state index contributed by atoms with van der Waals surface area (Å²) in [5.74, 6) is -0.172. The summed E-state index contributed by atoms with van der Waals surface area (Å²) in [4.78, 5) is 16.7. The molecule has 0 saturated carbocycles. The summed E-state index contributed by atoms with van der Waals surface area (Å²) in [7, 11) is 0. The van der Waals surface area contributed by atoms with Crippen LogP contribution in [0, 0.1) is 20.8 Å². The van der Waals surface area contributed by atoms with Gasteiger partial charge in [-0.05, 0) is 56.2 Å². The molecule has 3 aromatic rings. The van der Waals surface area contributed by atoms with Crippen molar-refractivity contribution in [1.82, 2.24) is 4.98 Å².